The van der Waals surface area contributed by atoms with Gasteiger partial charge in [0.25, 0.3) is 0 Å². The molecule has 0 aliphatic heterocycles. The van der Waals surface area contributed by atoms with Crippen molar-refractivity contribution in [2.75, 3.05) is 39.6 Å². The third-order valence-corrected chi connectivity index (χ3v) is 2.67. The van der Waals surface area contributed by atoms with Crippen LogP contribution < -0.4 is 15.4 Å². The van der Waals surface area contributed by atoms with Crippen LogP contribution in [0.1, 0.15) is 6.42 Å². The fourth-order valence-electron chi connectivity index (χ4n) is 1.51. The van der Waals surface area contributed by atoms with Crippen molar-refractivity contribution in [1.29, 1.82) is 0 Å². The summed E-state index contributed by atoms with van der Waals surface area (Å²) in [5.74, 6) is 0.787. The van der Waals surface area contributed by atoms with Crippen molar-refractivity contribution in [3.05, 3.63) is 24.3 Å². The predicted octanol–water partition coefficient (Wildman–Crippen LogP) is 1.93. The van der Waals surface area contributed by atoms with Crippen LogP contribution in [0.15, 0.2) is 24.3 Å². The van der Waals surface area contributed by atoms with E-state index in [9.17, 15) is 0 Å². The quantitative estimate of drug-likeness (QED) is 0.608. The molecule has 1 rings (SSSR count). The van der Waals surface area contributed by atoms with Gasteiger partial charge in [0, 0.05) is 6.54 Å². The Morgan fingerprint density at radius 3 is 2.72 bits per heavy atom. The summed E-state index contributed by atoms with van der Waals surface area (Å²) in [7, 11) is 5.77. The van der Waals surface area contributed by atoms with Gasteiger partial charge in [0.1, 0.15) is 5.75 Å². The van der Waals surface area contributed by atoms with Crippen molar-refractivity contribution in [2.45, 2.75) is 6.42 Å². The summed E-state index contributed by atoms with van der Waals surface area (Å²) in [6.07, 6.45) is 1.06. The molecule has 0 bridgehead atoms. The van der Waals surface area contributed by atoms with E-state index >= 15 is 0 Å². The van der Waals surface area contributed by atoms with Crippen molar-refractivity contribution >= 4 is 23.0 Å². The topological polar surface area (TPSA) is 36.5 Å². The minimum absolute atomic E-state index is 0.623. The van der Waals surface area contributed by atoms with E-state index in [1.54, 1.807) is 7.11 Å². The number of ether oxygens (including phenoxy) is 1. The second kappa shape index (κ2) is 7.89. The van der Waals surface area contributed by atoms with Crippen LogP contribution in [0.3, 0.4) is 0 Å². The third kappa shape index (κ3) is 5.33. The largest absolute Gasteiger partial charge is 0.495 e. The van der Waals surface area contributed by atoms with Gasteiger partial charge in [0.15, 0.2) is 5.11 Å². The summed E-state index contributed by atoms with van der Waals surface area (Å²) in [6, 6.07) is 7.71. The van der Waals surface area contributed by atoms with E-state index in [4.69, 9.17) is 17.0 Å². The van der Waals surface area contributed by atoms with Crippen LogP contribution in [0.4, 0.5) is 5.69 Å². The standard InChI is InChI=1S/C13H21N3OS/c1-16(2)10-6-9-14-13(18)15-11-7-4-5-8-12(11)17-3/h4-5,7-8H,6,9-10H2,1-3H3,(H2,14,15,18). The van der Waals surface area contributed by atoms with Gasteiger partial charge in [-0.15, -0.1) is 0 Å². The van der Waals surface area contributed by atoms with Gasteiger partial charge >= 0.3 is 0 Å². The summed E-state index contributed by atoms with van der Waals surface area (Å²) in [5, 5.41) is 6.93. The molecule has 0 aliphatic rings. The number of benzene rings is 1. The van der Waals surface area contributed by atoms with Crippen LogP contribution in [-0.4, -0.2) is 44.3 Å². The van der Waals surface area contributed by atoms with Crippen molar-refractivity contribution < 1.29 is 4.74 Å². The van der Waals surface area contributed by atoms with Gasteiger partial charge in [-0.3, -0.25) is 0 Å². The molecule has 1 aromatic carbocycles. The highest BCUT2D eigenvalue weighted by molar-refractivity contribution is 7.80. The Morgan fingerprint density at radius 1 is 1.33 bits per heavy atom. The first kappa shape index (κ1) is 14.7. The number of hydrogen-bond donors (Lipinski definition) is 2. The molecule has 0 spiro atoms. The van der Waals surface area contributed by atoms with Gasteiger partial charge in [-0.05, 0) is 51.4 Å². The smallest absolute Gasteiger partial charge is 0.170 e. The molecule has 0 radical (unpaired) electrons. The van der Waals surface area contributed by atoms with Gasteiger partial charge in [-0.1, -0.05) is 12.1 Å². The number of para-hydroxylation sites is 2. The Balaban J connectivity index is 2.35. The average Bonchev–Trinajstić information content (AvgIpc) is 2.35. The predicted molar refractivity (Wildman–Crippen MR) is 80.4 cm³/mol. The van der Waals surface area contributed by atoms with Crippen molar-refractivity contribution in [1.82, 2.24) is 10.2 Å². The Hall–Kier alpha value is -1.33. The lowest BCUT2D eigenvalue weighted by Gasteiger charge is -2.14. The summed E-state index contributed by atoms with van der Waals surface area (Å²) in [5.41, 5.74) is 0.880. The first-order chi connectivity index (χ1) is 8.63. The summed E-state index contributed by atoms with van der Waals surface area (Å²) in [4.78, 5) is 2.15. The maximum absolute atomic E-state index is 5.25. The highest BCUT2D eigenvalue weighted by Crippen LogP contribution is 2.22. The Labute approximate surface area is 114 Å². The molecule has 0 fully saturated rings. The van der Waals surface area contributed by atoms with Crippen molar-refractivity contribution in [2.24, 2.45) is 0 Å². The maximum atomic E-state index is 5.25. The van der Waals surface area contributed by atoms with E-state index in [0.717, 1.165) is 30.9 Å². The van der Waals surface area contributed by atoms with E-state index in [0.29, 0.717) is 5.11 Å². The van der Waals surface area contributed by atoms with E-state index in [-0.39, 0.29) is 0 Å². The van der Waals surface area contributed by atoms with Crippen molar-refractivity contribution in [3.8, 4) is 5.75 Å². The lowest BCUT2D eigenvalue weighted by Crippen LogP contribution is -2.31. The van der Waals surface area contributed by atoms with E-state index < -0.39 is 0 Å². The average molecular weight is 267 g/mol. The molecule has 4 nitrogen and oxygen atoms in total. The zero-order chi connectivity index (χ0) is 13.4. The van der Waals surface area contributed by atoms with Crippen LogP contribution in [0.5, 0.6) is 5.75 Å². The van der Waals surface area contributed by atoms with Crippen LogP contribution in [0, 0.1) is 0 Å². The molecule has 0 unspecified atom stereocenters. The Bertz CT molecular complexity index is 382. The van der Waals surface area contributed by atoms with Crippen LogP contribution >= 0.6 is 12.2 Å². The molecule has 0 amide bonds. The highest BCUT2D eigenvalue weighted by atomic mass is 32.1. The summed E-state index contributed by atoms with van der Waals surface area (Å²) in [6.45, 7) is 1.91. The number of hydrogen-bond acceptors (Lipinski definition) is 3. The summed E-state index contributed by atoms with van der Waals surface area (Å²) < 4.78 is 5.25. The van der Waals surface area contributed by atoms with Gasteiger partial charge in [0.05, 0.1) is 12.8 Å². The van der Waals surface area contributed by atoms with E-state index in [1.165, 1.54) is 0 Å². The number of nitrogens with zero attached hydrogens (tertiary/aromatic N) is 1. The number of thiocarbonyl (C=S) groups is 1. The number of methoxy groups -OCH3 is 1. The Kier molecular flexibility index (Phi) is 6.46. The number of rotatable bonds is 6. The van der Waals surface area contributed by atoms with Crippen LogP contribution in [0.25, 0.3) is 0 Å². The molecule has 5 heteroatoms. The summed E-state index contributed by atoms with van der Waals surface area (Å²) >= 11 is 5.23. The van der Waals surface area contributed by atoms with E-state index in [1.807, 2.05) is 24.3 Å². The van der Waals surface area contributed by atoms with Gasteiger partial charge in [0.2, 0.25) is 0 Å². The molecular weight excluding hydrogens is 246 g/mol. The zero-order valence-corrected chi connectivity index (χ0v) is 12.0. The van der Waals surface area contributed by atoms with Gasteiger partial charge in [-0.2, -0.15) is 0 Å². The molecule has 2 N–H and O–H groups in total. The first-order valence-corrected chi connectivity index (χ1v) is 6.37. The second-order valence-corrected chi connectivity index (χ2v) is 4.65. The SMILES string of the molecule is COc1ccccc1NC(=S)NCCCN(C)C. The van der Waals surface area contributed by atoms with Crippen molar-refractivity contribution in [3.63, 3.8) is 0 Å². The highest BCUT2D eigenvalue weighted by Gasteiger charge is 2.02. The van der Waals surface area contributed by atoms with E-state index in [2.05, 4.69) is 29.6 Å². The fraction of sp³-hybridized carbons (Fsp3) is 0.462. The van der Waals surface area contributed by atoms with Crippen LogP contribution in [0.2, 0.25) is 0 Å². The minimum Gasteiger partial charge on any atom is -0.495 e. The monoisotopic (exact) mass is 267 g/mol. The van der Waals surface area contributed by atoms with Gasteiger partial charge in [-0.25, -0.2) is 0 Å². The second-order valence-electron chi connectivity index (χ2n) is 4.24. The lowest BCUT2D eigenvalue weighted by molar-refractivity contribution is 0.400. The zero-order valence-electron chi connectivity index (χ0n) is 11.2. The third-order valence-electron chi connectivity index (χ3n) is 2.42. The molecule has 0 atom stereocenters. The molecule has 0 saturated carbocycles. The molecule has 0 aromatic heterocycles. The molecule has 0 aliphatic carbocycles. The normalized spacial score (nSPS) is 10.2. The maximum Gasteiger partial charge on any atom is 0.170 e. The van der Waals surface area contributed by atoms with Crippen LogP contribution in [-0.2, 0) is 0 Å². The molecule has 0 saturated heterocycles. The lowest BCUT2D eigenvalue weighted by atomic mass is 10.3. The molecule has 100 valence electrons. The molecule has 0 heterocycles. The van der Waals surface area contributed by atoms with Gasteiger partial charge < -0.3 is 20.3 Å². The molecule has 18 heavy (non-hydrogen) atoms. The molecular formula is C13H21N3OS. The first-order valence-electron chi connectivity index (χ1n) is 5.96. The number of anilines is 1. The minimum atomic E-state index is 0.623. The fourth-order valence-corrected chi connectivity index (χ4v) is 1.72. The Morgan fingerprint density at radius 2 is 2.06 bits per heavy atom. The molecule has 1 aromatic rings. The number of nitrogens with one attached hydrogen (secondary N) is 2.